The summed E-state index contributed by atoms with van der Waals surface area (Å²) < 4.78 is 83.6. The summed E-state index contributed by atoms with van der Waals surface area (Å²) in [5.41, 5.74) is -5.42. The first-order valence-electron chi connectivity index (χ1n) is 10.1. The summed E-state index contributed by atoms with van der Waals surface area (Å²) in [6.07, 6.45) is -6.38. The van der Waals surface area contributed by atoms with Gasteiger partial charge in [-0.25, -0.2) is 4.98 Å². The summed E-state index contributed by atoms with van der Waals surface area (Å²) in [7, 11) is 0. The number of aromatic nitrogens is 1. The zero-order valence-electron chi connectivity index (χ0n) is 17.9. The first-order chi connectivity index (χ1) is 16.8. The molecule has 3 N–H and O–H groups in total. The van der Waals surface area contributed by atoms with Crippen LogP contribution in [0.3, 0.4) is 0 Å². The van der Waals surface area contributed by atoms with E-state index < -0.39 is 29.4 Å². The number of hydrogen-bond acceptors (Lipinski definition) is 6. The second-order valence-electron chi connectivity index (χ2n) is 7.70. The predicted molar refractivity (Wildman–Crippen MR) is 113 cm³/mol. The van der Waals surface area contributed by atoms with Crippen LogP contribution in [0.4, 0.5) is 37.8 Å². The molecule has 0 spiro atoms. The number of nitrogens with one attached hydrogen (secondary N) is 2. The van der Waals surface area contributed by atoms with Crippen LogP contribution in [0.5, 0.6) is 0 Å². The summed E-state index contributed by atoms with van der Waals surface area (Å²) in [5.74, 6) is -1.22. The lowest BCUT2D eigenvalue weighted by atomic mass is 9.92. The summed E-state index contributed by atoms with van der Waals surface area (Å²) in [4.78, 5) is 29.3. The number of carbonyl (C=O) groups is 2. The second-order valence-corrected chi connectivity index (χ2v) is 7.70. The van der Waals surface area contributed by atoms with Crippen LogP contribution < -0.4 is 10.6 Å². The average molecular weight is 511 g/mol. The molecule has 0 unspecified atom stereocenters. The number of alkyl halides is 6. The van der Waals surface area contributed by atoms with Gasteiger partial charge in [-0.15, -0.1) is 0 Å². The van der Waals surface area contributed by atoms with Crippen LogP contribution in [0.1, 0.15) is 15.9 Å². The molecule has 36 heavy (non-hydrogen) atoms. The van der Waals surface area contributed by atoms with Crippen molar-refractivity contribution in [2.24, 2.45) is 0 Å². The molecule has 188 valence electrons. The number of carbonyl (C=O) groups excluding carboxylic acids is 2. The molecule has 1 aromatic heterocycles. The van der Waals surface area contributed by atoms with Crippen LogP contribution in [0, 0.1) is 0 Å². The number of amides is 1. The minimum atomic E-state index is -6.03. The lowest BCUT2D eigenvalue weighted by Crippen LogP contribution is -2.53. The minimum absolute atomic E-state index is 0.0208. The van der Waals surface area contributed by atoms with Gasteiger partial charge in [0, 0.05) is 28.6 Å². The summed E-state index contributed by atoms with van der Waals surface area (Å²) in [5, 5.41) is 14.6. The van der Waals surface area contributed by atoms with E-state index in [1.807, 2.05) is 0 Å². The van der Waals surface area contributed by atoms with Crippen molar-refractivity contribution in [1.82, 2.24) is 4.98 Å². The SMILES string of the molecule is O=C1C=CC2=COCC2=C1Nc1ncccc1C(=O)Nc1ccc(C(O)(C(F)(F)F)C(F)(F)F)cc1. The highest BCUT2D eigenvalue weighted by Gasteiger charge is 2.71. The van der Waals surface area contributed by atoms with E-state index in [0.717, 1.165) is 12.1 Å². The van der Waals surface area contributed by atoms with Crippen molar-refractivity contribution in [2.75, 3.05) is 17.2 Å². The van der Waals surface area contributed by atoms with E-state index in [0.29, 0.717) is 23.3 Å². The van der Waals surface area contributed by atoms with E-state index in [1.165, 1.54) is 30.7 Å². The van der Waals surface area contributed by atoms with Crippen molar-refractivity contribution < 1.29 is 45.8 Å². The minimum Gasteiger partial charge on any atom is -0.496 e. The number of allylic oxidation sites excluding steroid dienone is 2. The smallest absolute Gasteiger partial charge is 0.430 e. The van der Waals surface area contributed by atoms with E-state index in [2.05, 4.69) is 15.6 Å². The number of nitrogens with zero attached hydrogens (tertiary/aromatic N) is 1. The van der Waals surface area contributed by atoms with Gasteiger partial charge in [0.05, 0.1) is 17.5 Å². The number of aliphatic hydroxyl groups is 1. The lowest BCUT2D eigenvalue weighted by molar-refractivity contribution is -0.376. The highest BCUT2D eigenvalue weighted by atomic mass is 19.4. The Balaban J connectivity index is 1.58. The predicted octanol–water partition coefficient (Wildman–Crippen LogP) is 4.37. The number of ketones is 1. The van der Waals surface area contributed by atoms with Gasteiger partial charge in [0.2, 0.25) is 5.78 Å². The Labute approximate surface area is 198 Å². The molecule has 2 aromatic rings. The Morgan fingerprint density at radius 2 is 1.67 bits per heavy atom. The lowest BCUT2D eigenvalue weighted by Gasteiger charge is -2.32. The Hall–Kier alpha value is -4.13. The molecule has 4 rings (SSSR count). The Morgan fingerprint density at radius 3 is 2.31 bits per heavy atom. The van der Waals surface area contributed by atoms with Crippen LogP contribution in [-0.2, 0) is 15.1 Å². The van der Waals surface area contributed by atoms with E-state index in [4.69, 9.17) is 4.74 Å². The van der Waals surface area contributed by atoms with Crippen molar-refractivity contribution in [1.29, 1.82) is 0 Å². The van der Waals surface area contributed by atoms with Gasteiger partial charge in [0.1, 0.15) is 12.4 Å². The third-order valence-electron chi connectivity index (χ3n) is 5.43. The maximum absolute atomic E-state index is 13.1. The number of fused-ring (bicyclic) bond motifs is 1. The molecular weight excluding hydrogens is 496 g/mol. The average Bonchev–Trinajstić information content (AvgIpc) is 3.29. The topological polar surface area (TPSA) is 101 Å². The molecule has 2 heterocycles. The summed E-state index contributed by atoms with van der Waals surface area (Å²) in [6.45, 7) is 0.122. The number of halogens is 6. The fourth-order valence-corrected chi connectivity index (χ4v) is 3.55. The highest BCUT2D eigenvalue weighted by Crippen LogP contribution is 2.50. The molecule has 2 aliphatic rings. The van der Waals surface area contributed by atoms with Gasteiger partial charge < -0.3 is 20.5 Å². The van der Waals surface area contributed by atoms with Gasteiger partial charge in [0.15, 0.2) is 0 Å². The molecule has 0 fully saturated rings. The fraction of sp³-hybridized carbons (Fsp3) is 0.174. The van der Waals surface area contributed by atoms with Crippen LogP contribution in [-0.4, -0.2) is 40.7 Å². The van der Waals surface area contributed by atoms with Crippen LogP contribution >= 0.6 is 0 Å². The quantitative estimate of drug-likeness (QED) is 0.516. The zero-order valence-corrected chi connectivity index (χ0v) is 17.9. The van der Waals surface area contributed by atoms with Gasteiger partial charge in [-0.3, -0.25) is 9.59 Å². The number of benzene rings is 1. The highest BCUT2D eigenvalue weighted by molar-refractivity contribution is 6.11. The van der Waals surface area contributed by atoms with E-state index >= 15 is 0 Å². The molecule has 0 radical (unpaired) electrons. The Kier molecular flexibility index (Phi) is 6.12. The maximum atomic E-state index is 13.1. The van der Waals surface area contributed by atoms with Gasteiger partial charge >= 0.3 is 12.4 Å². The van der Waals surface area contributed by atoms with Crippen molar-refractivity contribution >= 4 is 23.2 Å². The number of anilines is 2. The molecule has 1 aromatic carbocycles. The zero-order chi connectivity index (χ0) is 26.3. The van der Waals surface area contributed by atoms with Gasteiger partial charge in [-0.1, -0.05) is 12.1 Å². The molecule has 1 aliphatic carbocycles. The summed E-state index contributed by atoms with van der Waals surface area (Å²) in [6, 6.07) is 5.15. The van der Waals surface area contributed by atoms with Gasteiger partial charge in [-0.2, -0.15) is 26.3 Å². The van der Waals surface area contributed by atoms with E-state index in [1.54, 1.807) is 6.08 Å². The Bertz CT molecular complexity index is 1300. The molecule has 0 atom stereocenters. The summed E-state index contributed by atoms with van der Waals surface area (Å²) >= 11 is 0. The fourth-order valence-electron chi connectivity index (χ4n) is 3.55. The van der Waals surface area contributed by atoms with Crippen molar-refractivity contribution in [3.8, 4) is 0 Å². The molecule has 0 saturated heterocycles. The van der Waals surface area contributed by atoms with Crippen LogP contribution in [0.15, 0.2) is 77.9 Å². The number of hydrogen-bond donors (Lipinski definition) is 3. The normalized spacial score (nSPS) is 15.9. The maximum Gasteiger partial charge on any atom is 0.430 e. The van der Waals surface area contributed by atoms with Crippen molar-refractivity contribution in [2.45, 2.75) is 18.0 Å². The van der Waals surface area contributed by atoms with Crippen LogP contribution in [0.25, 0.3) is 0 Å². The van der Waals surface area contributed by atoms with Gasteiger partial charge in [-0.05, 0) is 36.4 Å². The second kappa shape index (κ2) is 8.82. The number of rotatable bonds is 5. The molecular formula is C23H15F6N3O4. The molecule has 0 saturated carbocycles. The molecule has 7 nitrogen and oxygen atoms in total. The van der Waals surface area contributed by atoms with Gasteiger partial charge in [0.25, 0.3) is 11.5 Å². The van der Waals surface area contributed by atoms with Crippen molar-refractivity contribution in [3.05, 3.63) is 89.0 Å². The monoisotopic (exact) mass is 511 g/mol. The third kappa shape index (κ3) is 4.33. The Morgan fingerprint density at radius 1 is 1.00 bits per heavy atom. The molecule has 1 aliphatic heterocycles. The largest absolute Gasteiger partial charge is 0.496 e. The first kappa shape index (κ1) is 25.0. The molecule has 0 bridgehead atoms. The molecule has 13 heteroatoms. The van der Waals surface area contributed by atoms with E-state index in [9.17, 15) is 41.0 Å². The van der Waals surface area contributed by atoms with Crippen LogP contribution in [0.2, 0.25) is 0 Å². The number of pyridine rings is 1. The van der Waals surface area contributed by atoms with Crippen molar-refractivity contribution in [3.63, 3.8) is 0 Å². The first-order valence-corrected chi connectivity index (χ1v) is 10.1. The number of ether oxygens (including phenoxy) is 1. The molecule has 1 amide bonds. The third-order valence-corrected chi connectivity index (χ3v) is 5.43. The van der Waals surface area contributed by atoms with E-state index in [-0.39, 0.29) is 35.2 Å². The standard InChI is InChI=1S/C23H15F6N3O4/c24-22(25,26)21(35,23(27,28)29)13-4-6-14(7-5-13)31-20(34)15-2-1-9-30-19(15)32-18-16-11-36-10-12(16)3-8-17(18)33/h1-10,35H,11H2,(H,30,32)(H,31,34).